The van der Waals surface area contributed by atoms with Crippen LogP contribution in [0.4, 0.5) is 10.5 Å². The Morgan fingerprint density at radius 3 is 2.63 bits per heavy atom. The summed E-state index contributed by atoms with van der Waals surface area (Å²) >= 11 is 0. The van der Waals surface area contributed by atoms with Crippen molar-refractivity contribution in [2.75, 3.05) is 18.4 Å². The number of anilines is 1. The molecule has 1 aromatic carbocycles. The summed E-state index contributed by atoms with van der Waals surface area (Å²) in [5.41, 5.74) is 3.69. The Hall–Kier alpha value is -3.16. The maximum Gasteiger partial charge on any atom is 0.321 e. The number of carbonyl (C=O) groups excluding carboxylic acids is 1. The zero-order valence-electron chi connectivity index (χ0n) is 15.6. The molecule has 2 aromatic heterocycles. The summed E-state index contributed by atoms with van der Waals surface area (Å²) in [5.74, 6) is 1.06. The molecule has 1 atom stereocenters. The summed E-state index contributed by atoms with van der Waals surface area (Å²) in [6.07, 6.45) is 0.908. The Morgan fingerprint density at radius 2 is 2.00 bits per heavy atom. The molecule has 1 aliphatic heterocycles. The van der Waals surface area contributed by atoms with Gasteiger partial charge in [0, 0.05) is 30.0 Å². The molecule has 0 radical (unpaired) electrons. The lowest BCUT2D eigenvalue weighted by Crippen LogP contribution is -2.33. The van der Waals surface area contributed by atoms with Gasteiger partial charge in [-0.25, -0.2) is 4.79 Å². The molecule has 140 valence electrons. The minimum absolute atomic E-state index is 0.0968. The lowest BCUT2D eigenvalue weighted by molar-refractivity contribution is 0.220. The van der Waals surface area contributed by atoms with E-state index in [1.54, 1.807) is 6.92 Å². The predicted octanol–water partition coefficient (Wildman–Crippen LogP) is 3.34. The van der Waals surface area contributed by atoms with Crippen LogP contribution in [0.1, 0.15) is 29.7 Å². The number of benzene rings is 1. The van der Waals surface area contributed by atoms with Crippen molar-refractivity contribution in [3.05, 3.63) is 47.5 Å². The van der Waals surface area contributed by atoms with Crippen LogP contribution in [0.2, 0.25) is 0 Å². The van der Waals surface area contributed by atoms with Gasteiger partial charge in [-0.3, -0.25) is 4.68 Å². The van der Waals surface area contributed by atoms with Gasteiger partial charge in [-0.15, -0.1) is 0 Å². The van der Waals surface area contributed by atoms with Gasteiger partial charge in [0.2, 0.25) is 0 Å². The van der Waals surface area contributed by atoms with E-state index in [0.29, 0.717) is 24.8 Å². The van der Waals surface area contributed by atoms with Crippen LogP contribution in [-0.4, -0.2) is 43.9 Å². The highest BCUT2D eigenvalue weighted by atomic mass is 16.5. The lowest BCUT2D eigenvalue weighted by atomic mass is 10.2. The molecule has 0 bridgehead atoms. The van der Waals surface area contributed by atoms with Crippen LogP contribution in [0.3, 0.4) is 0 Å². The largest absolute Gasteiger partial charge is 0.334 e. The highest BCUT2D eigenvalue weighted by molar-refractivity contribution is 5.89. The van der Waals surface area contributed by atoms with Gasteiger partial charge in [0.05, 0.1) is 11.7 Å². The molecule has 3 aromatic rings. The minimum atomic E-state index is -0.0968. The average Bonchev–Trinajstić information content (AvgIpc) is 3.35. The van der Waals surface area contributed by atoms with Crippen LogP contribution in [0.15, 0.2) is 34.9 Å². The quantitative estimate of drug-likeness (QED) is 0.768. The average molecular weight is 366 g/mol. The Morgan fingerprint density at radius 1 is 1.22 bits per heavy atom. The normalized spacial score (nSPS) is 16.7. The fraction of sp³-hybridized carbons (Fsp3) is 0.368. The van der Waals surface area contributed by atoms with Crippen molar-refractivity contribution in [2.24, 2.45) is 0 Å². The first-order chi connectivity index (χ1) is 13.0. The Bertz CT molecular complexity index is 959. The van der Waals surface area contributed by atoms with E-state index >= 15 is 0 Å². The molecule has 0 saturated carbocycles. The number of likely N-dealkylation sites (tertiary alicyclic amines) is 1. The molecular weight excluding hydrogens is 344 g/mol. The van der Waals surface area contributed by atoms with Gasteiger partial charge < -0.3 is 14.7 Å². The first-order valence-electron chi connectivity index (χ1n) is 8.99. The molecule has 1 saturated heterocycles. The lowest BCUT2D eigenvalue weighted by Gasteiger charge is -2.18. The number of hydrogen-bond donors (Lipinski definition) is 1. The highest BCUT2D eigenvalue weighted by Gasteiger charge is 2.28. The van der Waals surface area contributed by atoms with Gasteiger partial charge in [0.1, 0.15) is 0 Å². The van der Waals surface area contributed by atoms with Crippen molar-refractivity contribution >= 4 is 11.7 Å². The van der Waals surface area contributed by atoms with Gasteiger partial charge >= 0.3 is 6.03 Å². The molecule has 0 aliphatic carbocycles. The number of aromatic nitrogens is 4. The molecular formula is C19H22N6O2. The van der Waals surface area contributed by atoms with Gasteiger partial charge in [0.25, 0.3) is 5.89 Å². The Labute approximate surface area is 157 Å². The van der Waals surface area contributed by atoms with E-state index in [2.05, 4.69) is 33.5 Å². The fourth-order valence-electron chi connectivity index (χ4n) is 3.45. The molecule has 0 spiro atoms. The van der Waals surface area contributed by atoms with Crippen LogP contribution >= 0.6 is 0 Å². The Balaban J connectivity index is 1.38. The van der Waals surface area contributed by atoms with E-state index < -0.39 is 0 Å². The molecule has 1 N–H and O–H groups in total. The first-order valence-corrected chi connectivity index (χ1v) is 8.99. The van der Waals surface area contributed by atoms with Crippen LogP contribution in [0, 0.1) is 20.8 Å². The predicted molar refractivity (Wildman–Crippen MR) is 100 cm³/mol. The van der Waals surface area contributed by atoms with Crippen molar-refractivity contribution in [1.82, 2.24) is 24.8 Å². The minimum Gasteiger partial charge on any atom is -0.334 e. The number of rotatable bonds is 3. The molecule has 2 amide bonds. The Kier molecular flexibility index (Phi) is 4.39. The molecule has 4 rings (SSSR count). The number of urea groups is 1. The van der Waals surface area contributed by atoms with Gasteiger partial charge in [-0.2, -0.15) is 10.1 Å². The highest BCUT2D eigenvalue weighted by Crippen LogP contribution is 2.24. The summed E-state index contributed by atoms with van der Waals surface area (Å²) in [4.78, 5) is 18.6. The zero-order valence-corrected chi connectivity index (χ0v) is 15.6. The fourth-order valence-corrected chi connectivity index (χ4v) is 3.45. The SMILES string of the molecule is Cc1cc(C)n([C@H]2CCN(C(=O)Nc3ccc(-c4nc(C)no4)cc3)C2)n1. The second-order valence-corrected chi connectivity index (χ2v) is 6.91. The van der Waals surface area contributed by atoms with Gasteiger partial charge in [0.15, 0.2) is 5.82 Å². The van der Waals surface area contributed by atoms with E-state index in [9.17, 15) is 4.79 Å². The molecule has 0 unspecified atom stereocenters. The number of hydrogen-bond acceptors (Lipinski definition) is 5. The van der Waals surface area contributed by atoms with E-state index in [0.717, 1.165) is 29.1 Å². The second-order valence-electron chi connectivity index (χ2n) is 6.91. The van der Waals surface area contributed by atoms with Crippen molar-refractivity contribution in [3.63, 3.8) is 0 Å². The van der Waals surface area contributed by atoms with E-state index in [1.807, 2.05) is 40.8 Å². The second kappa shape index (κ2) is 6.86. The summed E-state index contributed by atoms with van der Waals surface area (Å²) in [5, 5.41) is 11.3. The standard InChI is InChI=1S/C19H22N6O2/c1-12-10-13(2)25(22-12)17-8-9-24(11-17)19(26)21-16-6-4-15(5-7-16)18-20-14(3)23-27-18/h4-7,10,17H,8-9,11H2,1-3H3,(H,21,26)/t17-/m0/s1. The number of carbonyl (C=O) groups is 1. The topological polar surface area (TPSA) is 89.1 Å². The molecule has 8 heteroatoms. The number of nitrogens with one attached hydrogen (secondary N) is 1. The summed E-state index contributed by atoms with van der Waals surface area (Å²) in [6, 6.07) is 9.57. The third-order valence-electron chi connectivity index (χ3n) is 4.75. The number of nitrogens with zero attached hydrogens (tertiary/aromatic N) is 5. The van der Waals surface area contributed by atoms with Gasteiger partial charge in [-0.05, 0) is 57.5 Å². The van der Waals surface area contributed by atoms with Crippen LogP contribution in [-0.2, 0) is 0 Å². The smallest absolute Gasteiger partial charge is 0.321 e. The van der Waals surface area contributed by atoms with E-state index in [-0.39, 0.29) is 12.1 Å². The van der Waals surface area contributed by atoms with E-state index in [1.165, 1.54) is 0 Å². The number of amides is 2. The van der Waals surface area contributed by atoms with E-state index in [4.69, 9.17) is 4.52 Å². The number of aryl methyl sites for hydroxylation is 3. The summed E-state index contributed by atoms with van der Waals surface area (Å²) < 4.78 is 7.18. The van der Waals surface area contributed by atoms with Crippen LogP contribution < -0.4 is 5.32 Å². The summed E-state index contributed by atoms with van der Waals surface area (Å²) in [7, 11) is 0. The van der Waals surface area contributed by atoms with Crippen molar-refractivity contribution in [3.8, 4) is 11.5 Å². The first kappa shape index (κ1) is 17.3. The van der Waals surface area contributed by atoms with Crippen molar-refractivity contribution < 1.29 is 9.32 Å². The third-order valence-corrected chi connectivity index (χ3v) is 4.75. The van der Waals surface area contributed by atoms with Crippen molar-refractivity contribution in [1.29, 1.82) is 0 Å². The maximum absolute atomic E-state index is 12.6. The van der Waals surface area contributed by atoms with Crippen LogP contribution in [0.5, 0.6) is 0 Å². The van der Waals surface area contributed by atoms with Crippen molar-refractivity contribution in [2.45, 2.75) is 33.2 Å². The molecule has 27 heavy (non-hydrogen) atoms. The maximum atomic E-state index is 12.6. The van der Waals surface area contributed by atoms with Crippen LogP contribution in [0.25, 0.3) is 11.5 Å². The summed E-state index contributed by atoms with van der Waals surface area (Å²) in [6.45, 7) is 7.19. The molecule has 1 aliphatic rings. The third kappa shape index (κ3) is 3.55. The molecule has 3 heterocycles. The monoisotopic (exact) mass is 366 g/mol. The van der Waals surface area contributed by atoms with Gasteiger partial charge in [-0.1, -0.05) is 5.16 Å². The zero-order chi connectivity index (χ0) is 19.0. The molecule has 8 nitrogen and oxygen atoms in total. The molecule has 1 fully saturated rings.